The largest absolute Gasteiger partial charge is 0.486 e. The van der Waals surface area contributed by atoms with Crippen LogP contribution in [0, 0.1) is 13.8 Å². The second kappa shape index (κ2) is 9.73. The van der Waals surface area contributed by atoms with Gasteiger partial charge in [-0.05, 0) is 87.9 Å². The number of benzene rings is 2. The van der Waals surface area contributed by atoms with Crippen molar-refractivity contribution in [3.8, 4) is 16.9 Å². The molecule has 0 bridgehead atoms. The van der Waals surface area contributed by atoms with Crippen molar-refractivity contribution in [2.75, 3.05) is 31.1 Å². The van der Waals surface area contributed by atoms with E-state index in [4.69, 9.17) is 4.74 Å². The van der Waals surface area contributed by atoms with Crippen LogP contribution in [0.4, 0.5) is 5.69 Å². The third-order valence-corrected chi connectivity index (χ3v) is 8.81. The van der Waals surface area contributed by atoms with Gasteiger partial charge in [0.2, 0.25) is 0 Å². The van der Waals surface area contributed by atoms with Crippen LogP contribution >= 0.6 is 0 Å². The number of carbonyl (C=O) groups excluding carboxylic acids is 1. The molecule has 1 saturated carbocycles. The van der Waals surface area contributed by atoms with E-state index >= 15 is 0 Å². The fourth-order valence-electron chi connectivity index (χ4n) is 6.73. The molecule has 3 aliphatic rings. The lowest BCUT2D eigenvalue weighted by Gasteiger charge is -2.29. The highest BCUT2D eigenvalue weighted by Gasteiger charge is 2.49. The van der Waals surface area contributed by atoms with Crippen molar-refractivity contribution < 1.29 is 9.53 Å². The Labute approximate surface area is 224 Å². The van der Waals surface area contributed by atoms with Crippen molar-refractivity contribution >= 4 is 11.5 Å². The lowest BCUT2D eigenvalue weighted by atomic mass is 9.85. The maximum absolute atomic E-state index is 13.6. The predicted octanol–water partition coefficient (Wildman–Crippen LogP) is 5.30. The SMILES string of the molecule is Cc1cc(C)c(CCC(=O)c2cc(-c3ccc(N4CCNCC4)cc3)c3c(c2)[C@@H]2CCC[C@]2(C)O3)c(=O)[nH]1. The lowest BCUT2D eigenvalue weighted by Crippen LogP contribution is -2.43. The highest BCUT2D eigenvalue weighted by Crippen LogP contribution is 2.56. The van der Waals surface area contributed by atoms with Crippen LogP contribution in [0.2, 0.25) is 0 Å². The van der Waals surface area contributed by atoms with E-state index in [1.165, 1.54) is 11.3 Å². The van der Waals surface area contributed by atoms with Crippen molar-refractivity contribution in [2.45, 2.75) is 64.4 Å². The molecule has 38 heavy (non-hydrogen) atoms. The summed E-state index contributed by atoms with van der Waals surface area (Å²) in [5.41, 5.74) is 7.36. The molecule has 3 aromatic rings. The summed E-state index contributed by atoms with van der Waals surface area (Å²) in [6, 6.07) is 14.8. The molecule has 0 radical (unpaired) electrons. The molecule has 2 aliphatic heterocycles. The van der Waals surface area contributed by atoms with E-state index in [0.717, 1.165) is 73.6 Å². The number of ether oxygens (including phenoxy) is 1. The van der Waals surface area contributed by atoms with Gasteiger partial charge in [0, 0.05) is 72.2 Å². The van der Waals surface area contributed by atoms with Crippen LogP contribution in [0.25, 0.3) is 11.1 Å². The fourth-order valence-corrected chi connectivity index (χ4v) is 6.73. The van der Waals surface area contributed by atoms with Gasteiger partial charge in [-0.15, -0.1) is 0 Å². The number of ketones is 1. The van der Waals surface area contributed by atoms with Gasteiger partial charge >= 0.3 is 0 Å². The smallest absolute Gasteiger partial charge is 0.251 e. The van der Waals surface area contributed by atoms with Crippen LogP contribution in [-0.4, -0.2) is 42.5 Å². The Balaban J connectivity index is 1.33. The number of nitrogens with zero attached hydrogens (tertiary/aromatic N) is 1. The number of aromatic amines is 1. The number of H-pyrrole nitrogens is 1. The molecule has 0 unspecified atom stereocenters. The number of aryl methyl sites for hydroxylation is 2. The van der Waals surface area contributed by atoms with Crippen LogP contribution in [0.15, 0.2) is 47.3 Å². The summed E-state index contributed by atoms with van der Waals surface area (Å²) >= 11 is 0. The third-order valence-electron chi connectivity index (χ3n) is 8.81. The Kier molecular flexibility index (Phi) is 6.39. The number of hydrogen-bond donors (Lipinski definition) is 2. The first kappa shape index (κ1) is 24.9. The van der Waals surface area contributed by atoms with Gasteiger partial charge in [-0.3, -0.25) is 9.59 Å². The number of anilines is 1. The van der Waals surface area contributed by atoms with Crippen molar-refractivity contribution in [1.29, 1.82) is 0 Å². The summed E-state index contributed by atoms with van der Waals surface area (Å²) in [6.07, 6.45) is 4.00. The van der Waals surface area contributed by atoms with E-state index in [9.17, 15) is 9.59 Å². The van der Waals surface area contributed by atoms with E-state index in [0.29, 0.717) is 29.9 Å². The maximum atomic E-state index is 13.6. The van der Waals surface area contributed by atoms with E-state index in [1.54, 1.807) is 0 Å². The minimum Gasteiger partial charge on any atom is -0.486 e. The van der Waals surface area contributed by atoms with Crippen LogP contribution in [0.3, 0.4) is 0 Å². The molecule has 0 amide bonds. The molecule has 6 heteroatoms. The Hall–Kier alpha value is -3.38. The van der Waals surface area contributed by atoms with E-state index < -0.39 is 0 Å². The topological polar surface area (TPSA) is 74.4 Å². The molecule has 6 nitrogen and oxygen atoms in total. The van der Waals surface area contributed by atoms with Gasteiger partial charge in [-0.1, -0.05) is 12.1 Å². The molecule has 2 fully saturated rings. The van der Waals surface area contributed by atoms with Crippen LogP contribution in [-0.2, 0) is 6.42 Å². The first-order valence-electron chi connectivity index (χ1n) is 14.0. The molecule has 2 atom stereocenters. The zero-order valence-electron chi connectivity index (χ0n) is 22.7. The van der Waals surface area contributed by atoms with Crippen molar-refractivity contribution in [1.82, 2.24) is 10.3 Å². The normalized spacial score (nSPS) is 22.2. The number of Topliss-reactive ketones (excluding diaryl/α,β-unsaturated/α-hetero) is 1. The average Bonchev–Trinajstić information content (AvgIpc) is 3.42. The average molecular weight is 512 g/mol. The first-order valence-corrected chi connectivity index (χ1v) is 14.0. The van der Waals surface area contributed by atoms with Gasteiger partial charge < -0.3 is 19.9 Å². The number of rotatable bonds is 6. The standard InChI is InChI=1S/C32H37N3O3/c1-20-17-21(2)34-31(37)25(20)10-11-29(36)23-18-26(30-27(19-23)28-5-4-12-32(28,3)38-30)22-6-8-24(9-7-22)35-15-13-33-14-16-35/h6-9,17-19,28,33H,4-5,10-16H2,1-3H3,(H,34,37)/t28-,32-/m0/s1. The summed E-state index contributed by atoms with van der Waals surface area (Å²) in [7, 11) is 0. The van der Waals surface area contributed by atoms with Crippen molar-refractivity contribution in [2.24, 2.45) is 0 Å². The number of fused-ring (bicyclic) bond motifs is 3. The zero-order chi connectivity index (χ0) is 26.4. The molecule has 6 rings (SSSR count). The van der Waals surface area contributed by atoms with Gasteiger partial charge in [0.25, 0.3) is 5.56 Å². The highest BCUT2D eigenvalue weighted by molar-refractivity contribution is 5.98. The number of hydrogen-bond acceptors (Lipinski definition) is 5. The molecule has 0 spiro atoms. The van der Waals surface area contributed by atoms with Gasteiger partial charge in [-0.25, -0.2) is 0 Å². The summed E-state index contributed by atoms with van der Waals surface area (Å²) in [5, 5.41) is 3.41. The van der Waals surface area contributed by atoms with Crippen LogP contribution in [0.5, 0.6) is 5.75 Å². The number of carbonyl (C=O) groups is 1. The van der Waals surface area contributed by atoms with E-state index in [2.05, 4.69) is 52.5 Å². The lowest BCUT2D eigenvalue weighted by molar-refractivity contribution is 0.0982. The number of pyridine rings is 1. The summed E-state index contributed by atoms with van der Waals surface area (Å²) in [6.45, 7) is 10.1. The Morgan fingerprint density at radius 3 is 2.61 bits per heavy atom. The Bertz CT molecular complexity index is 1440. The molecule has 1 aliphatic carbocycles. The van der Waals surface area contributed by atoms with Crippen molar-refractivity contribution in [3.63, 3.8) is 0 Å². The molecular weight excluding hydrogens is 474 g/mol. The summed E-state index contributed by atoms with van der Waals surface area (Å²) < 4.78 is 6.68. The quantitative estimate of drug-likeness (QED) is 0.439. The summed E-state index contributed by atoms with van der Waals surface area (Å²) in [5.74, 6) is 1.32. The van der Waals surface area contributed by atoms with Gasteiger partial charge in [0.15, 0.2) is 5.78 Å². The number of aromatic nitrogens is 1. The first-order chi connectivity index (χ1) is 18.3. The Morgan fingerprint density at radius 2 is 1.87 bits per heavy atom. The molecule has 3 heterocycles. The Morgan fingerprint density at radius 1 is 1.11 bits per heavy atom. The second-order valence-electron chi connectivity index (χ2n) is 11.5. The predicted molar refractivity (Wildman–Crippen MR) is 152 cm³/mol. The van der Waals surface area contributed by atoms with Gasteiger partial charge in [0.05, 0.1) is 0 Å². The van der Waals surface area contributed by atoms with E-state index in [1.807, 2.05) is 26.0 Å². The molecule has 1 saturated heterocycles. The van der Waals surface area contributed by atoms with Gasteiger partial charge in [0.1, 0.15) is 11.4 Å². The molecule has 2 N–H and O–H groups in total. The highest BCUT2D eigenvalue weighted by atomic mass is 16.5. The monoisotopic (exact) mass is 511 g/mol. The molecule has 2 aromatic carbocycles. The van der Waals surface area contributed by atoms with Gasteiger partial charge in [-0.2, -0.15) is 0 Å². The van der Waals surface area contributed by atoms with Crippen LogP contribution in [0.1, 0.15) is 71.3 Å². The third kappa shape index (κ3) is 4.45. The molecular formula is C32H37N3O3. The summed E-state index contributed by atoms with van der Waals surface area (Å²) in [4.78, 5) is 31.4. The van der Waals surface area contributed by atoms with Crippen molar-refractivity contribution in [3.05, 3.63) is 80.8 Å². The van der Waals surface area contributed by atoms with E-state index in [-0.39, 0.29) is 16.9 Å². The zero-order valence-corrected chi connectivity index (χ0v) is 22.7. The van der Waals surface area contributed by atoms with Crippen LogP contribution < -0.4 is 20.5 Å². The molecule has 1 aromatic heterocycles. The fraction of sp³-hybridized carbons (Fsp3) is 0.438. The number of nitrogens with one attached hydrogen (secondary N) is 2. The second-order valence-corrected chi connectivity index (χ2v) is 11.5. The maximum Gasteiger partial charge on any atom is 0.251 e. The minimum absolute atomic E-state index is 0.0671. The number of piperazine rings is 1. The minimum atomic E-state index is -0.203. The molecule has 198 valence electrons.